The summed E-state index contributed by atoms with van der Waals surface area (Å²) >= 11 is 0. The monoisotopic (exact) mass is 272 g/mol. The largest absolute Gasteiger partial charge is 0.394 e. The molecule has 0 aliphatic carbocycles. The molecule has 2 heterocycles. The zero-order valence-corrected chi connectivity index (χ0v) is 10.2. The van der Waals surface area contributed by atoms with Crippen molar-refractivity contribution in [3.05, 3.63) is 22.7 Å². The summed E-state index contributed by atoms with van der Waals surface area (Å²) < 4.78 is 6.26. The fraction of sp³-hybridized carbons (Fsp3) is 0.600. The second-order valence-electron chi connectivity index (χ2n) is 4.60. The van der Waals surface area contributed by atoms with Crippen molar-refractivity contribution in [2.75, 3.05) is 12.3 Å². The second-order valence-corrected chi connectivity index (χ2v) is 4.60. The maximum absolute atomic E-state index is 11.8. The Morgan fingerprint density at radius 2 is 2.26 bits per heavy atom. The van der Waals surface area contributed by atoms with Crippen LogP contribution < -0.4 is 17.2 Å². The third-order valence-corrected chi connectivity index (χ3v) is 3.39. The Balaban J connectivity index is 2.56. The van der Waals surface area contributed by atoms with Gasteiger partial charge in [-0.05, 0) is 13.0 Å². The Bertz CT molecular complexity index is 545. The van der Waals surface area contributed by atoms with Crippen LogP contribution in [0.2, 0.25) is 0 Å². The first kappa shape index (κ1) is 13.9. The Labute approximate surface area is 108 Å². The van der Waals surface area contributed by atoms with Gasteiger partial charge in [-0.3, -0.25) is 10.3 Å². The van der Waals surface area contributed by atoms with Crippen molar-refractivity contribution in [3.63, 3.8) is 0 Å². The molecule has 0 amide bonds. The van der Waals surface area contributed by atoms with Crippen LogP contribution in [-0.2, 0) is 10.5 Å². The summed E-state index contributed by atoms with van der Waals surface area (Å²) in [5.41, 5.74) is 6.17. The van der Waals surface area contributed by atoms with Gasteiger partial charge in [0.1, 0.15) is 18.0 Å². The summed E-state index contributed by atoms with van der Waals surface area (Å²) in [6, 6.07) is 1.32. The smallest absolute Gasteiger partial charge is 0.351 e. The highest BCUT2D eigenvalue weighted by Gasteiger charge is 2.62. The Morgan fingerprint density at radius 1 is 1.63 bits per heavy atom. The van der Waals surface area contributed by atoms with Crippen LogP contribution in [0.15, 0.2) is 17.1 Å². The average Bonchev–Trinajstić information content (AvgIpc) is 2.50. The fourth-order valence-electron chi connectivity index (χ4n) is 2.14. The van der Waals surface area contributed by atoms with Crippen molar-refractivity contribution < 1.29 is 20.1 Å². The number of nitrogens with zero attached hydrogens (tertiary/aromatic N) is 2. The van der Waals surface area contributed by atoms with Crippen LogP contribution >= 0.6 is 0 Å². The standard InChI is InChI=1S/C10H16N4O5/c1-9(14-3-2-6(11)13-8(14)17)10(12,18)7(16)5(4-15)19-9/h2-3,5,7,15-16,18H,4,12H2,1H3,(H2,11,13,17)/t5-,7-,9-,10-/m1/s1. The number of rotatable bonds is 2. The van der Waals surface area contributed by atoms with Gasteiger partial charge in [-0.2, -0.15) is 4.98 Å². The van der Waals surface area contributed by atoms with Crippen molar-refractivity contribution >= 4 is 5.82 Å². The molecule has 9 heteroatoms. The first-order valence-corrected chi connectivity index (χ1v) is 5.57. The van der Waals surface area contributed by atoms with E-state index in [-0.39, 0.29) is 5.82 Å². The van der Waals surface area contributed by atoms with E-state index in [9.17, 15) is 15.0 Å². The van der Waals surface area contributed by atoms with Gasteiger partial charge in [0.05, 0.1) is 6.61 Å². The highest BCUT2D eigenvalue weighted by molar-refractivity contribution is 5.24. The molecule has 0 saturated carbocycles. The number of ether oxygens (including phenoxy) is 1. The Morgan fingerprint density at radius 3 is 2.74 bits per heavy atom. The van der Waals surface area contributed by atoms with E-state index in [1.165, 1.54) is 19.2 Å². The van der Waals surface area contributed by atoms with Crippen molar-refractivity contribution in [2.24, 2.45) is 5.73 Å². The quantitative estimate of drug-likeness (QED) is 0.354. The van der Waals surface area contributed by atoms with Crippen molar-refractivity contribution in [1.82, 2.24) is 9.55 Å². The summed E-state index contributed by atoms with van der Waals surface area (Å²) in [4.78, 5) is 15.3. The lowest BCUT2D eigenvalue weighted by molar-refractivity contribution is -0.184. The minimum atomic E-state index is -2.28. The molecule has 0 unspecified atom stereocenters. The molecule has 1 aromatic rings. The molecule has 0 spiro atoms. The van der Waals surface area contributed by atoms with Gasteiger partial charge in [0, 0.05) is 6.20 Å². The van der Waals surface area contributed by atoms with Gasteiger partial charge in [-0.25, -0.2) is 4.79 Å². The zero-order valence-electron chi connectivity index (χ0n) is 10.2. The molecule has 1 aromatic heterocycles. The van der Waals surface area contributed by atoms with Crippen LogP contribution in [0.25, 0.3) is 0 Å². The third-order valence-electron chi connectivity index (χ3n) is 3.39. The maximum atomic E-state index is 11.8. The van der Waals surface area contributed by atoms with E-state index in [0.29, 0.717) is 0 Å². The molecule has 19 heavy (non-hydrogen) atoms. The molecule has 0 radical (unpaired) electrons. The average molecular weight is 272 g/mol. The van der Waals surface area contributed by atoms with Crippen LogP contribution in [0.5, 0.6) is 0 Å². The molecule has 2 rings (SSSR count). The van der Waals surface area contributed by atoms with E-state index in [1.807, 2.05) is 0 Å². The Kier molecular flexibility index (Phi) is 3.11. The number of anilines is 1. The minimum absolute atomic E-state index is 0.00247. The number of nitrogens with two attached hydrogens (primary N) is 2. The van der Waals surface area contributed by atoms with Gasteiger partial charge < -0.3 is 25.8 Å². The summed E-state index contributed by atoms with van der Waals surface area (Å²) in [6.07, 6.45) is -1.44. The summed E-state index contributed by atoms with van der Waals surface area (Å²) in [5.74, 6) is 0.00247. The van der Waals surface area contributed by atoms with Gasteiger partial charge in [0.25, 0.3) is 0 Å². The fourth-order valence-corrected chi connectivity index (χ4v) is 2.14. The van der Waals surface area contributed by atoms with E-state index >= 15 is 0 Å². The number of aliphatic hydroxyl groups is 3. The van der Waals surface area contributed by atoms with Crippen LogP contribution in [0.4, 0.5) is 5.82 Å². The van der Waals surface area contributed by atoms with Crippen LogP contribution in [0, 0.1) is 0 Å². The highest BCUT2D eigenvalue weighted by atomic mass is 16.6. The van der Waals surface area contributed by atoms with Gasteiger partial charge in [0.2, 0.25) is 0 Å². The molecule has 0 bridgehead atoms. The molecule has 9 nitrogen and oxygen atoms in total. The molecular weight excluding hydrogens is 256 g/mol. The molecule has 0 aromatic carbocycles. The number of hydrogen-bond acceptors (Lipinski definition) is 8. The SMILES string of the molecule is C[C@@]1(n2ccc(N)nc2=O)O[C@H](CO)[C@@H](O)[C@@]1(N)O. The van der Waals surface area contributed by atoms with E-state index in [4.69, 9.17) is 21.3 Å². The van der Waals surface area contributed by atoms with Gasteiger partial charge in [0.15, 0.2) is 11.4 Å². The van der Waals surface area contributed by atoms with Gasteiger partial charge in [-0.1, -0.05) is 0 Å². The first-order valence-electron chi connectivity index (χ1n) is 5.57. The normalized spacial score (nSPS) is 38.6. The predicted molar refractivity (Wildman–Crippen MR) is 63.7 cm³/mol. The Hall–Kier alpha value is -1.52. The molecule has 106 valence electrons. The molecule has 7 N–H and O–H groups in total. The second kappa shape index (κ2) is 4.25. The maximum Gasteiger partial charge on any atom is 0.351 e. The number of aliphatic hydroxyl groups excluding tert-OH is 2. The molecular formula is C10H16N4O5. The van der Waals surface area contributed by atoms with E-state index in [0.717, 1.165) is 4.57 Å². The summed E-state index contributed by atoms with van der Waals surface area (Å²) in [5, 5.41) is 29.1. The van der Waals surface area contributed by atoms with E-state index in [1.54, 1.807) is 0 Å². The minimum Gasteiger partial charge on any atom is -0.394 e. The summed E-state index contributed by atoms with van der Waals surface area (Å²) in [7, 11) is 0. The van der Waals surface area contributed by atoms with E-state index in [2.05, 4.69) is 4.98 Å². The van der Waals surface area contributed by atoms with Crippen LogP contribution in [-0.4, -0.2) is 49.4 Å². The van der Waals surface area contributed by atoms with Gasteiger partial charge >= 0.3 is 5.69 Å². The lowest BCUT2D eigenvalue weighted by atomic mass is 9.96. The topological polar surface area (TPSA) is 157 Å². The molecule has 1 saturated heterocycles. The van der Waals surface area contributed by atoms with Crippen molar-refractivity contribution in [3.8, 4) is 0 Å². The highest BCUT2D eigenvalue weighted by Crippen LogP contribution is 2.39. The predicted octanol–water partition coefficient (Wildman–Crippen LogP) is -3.10. The molecule has 1 aliphatic heterocycles. The molecule has 1 aliphatic rings. The van der Waals surface area contributed by atoms with Crippen LogP contribution in [0.3, 0.4) is 0 Å². The number of nitrogen functional groups attached to an aromatic ring is 1. The van der Waals surface area contributed by atoms with Crippen LogP contribution in [0.1, 0.15) is 6.92 Å². The summed E-state index contributed by atoms with van der Waals surface area (Å²) in [6.45, 7) is 0.749. The lowest BCUT2D eigenvalue weighted by Crippen LogP contribution is -2.64. The van der Waals surface area contributed by atoms with Crippen molar-refractivity contribution in [2.45, 2.75) is 30.6 Å². The molecule has 4 atom stereocenters. The first-order chi connectivity index (χ1) is 8.74. The van der Waals surface area contributed by atoms with Gasteiger partial charge in [-0.15, -0.1) is 0 Å². The zero-order chi connectivity index (χ0) is 14.4. The number of aromatic nitrogens is 2. The van der Waals surface area contributed by atoms with Crippen molar-refractivity contribution in [1.29, 1.82) is 0 Å². The lowest BCUT2D eigenvalue weighted by Gasteiger charge is -2.36. The molecule has 1 fully saturated rings. The van der Waals surface area contributed by atoms with E-state index < -0.39 is 36.0 Å². The third kappa shape index (κ3) is 1.83. The number of hydrogen-bond donors (Lipinski definition) is 5.